The summed E-state index contributed by atoms with van der Waals surface area (Å²) in [4.78, 5) is 14.4. The summed E-state index contributed by atoms with van der Waals surface area (Å²) in [5.74, 6) is -0.183. The maximum Gasteiger partial charge on any atom is 0.237 e. The van der Waals surface area contributed by atoms with E-state index in [2.05, 4.69) is 31.1 Å². The first-order valence-electron chi connectivity index (χ1n) is 7.77. The molecule has 0 spiro atoms. The van der Waals surface area contributed by atoms with Crippen LogP contribution in [0.4, 0.5) is 0 Å². The number of nitrogens with zero attached hydrogens (tertiary/aromatic N) is 1. The first kappa shape index (κ1) is 16.4. The summed E-state index contributed by atoms with van der Waals surface area (Å²) in [5.41, 5.74) is 5.18. The van der Waals surface area contributed by atoms with Crippen molar-refractivity contribution in [2.45, 2.75) is 76.9 Å². The summed E-state index contributed by atoms with van der Waals surface area (Å²) in [5, 5.41) is 3.36. The Labute approximate surface area is 118 Å². The van der Waals surface area contributed by atoms with Crippen molar-refractivity contribution in [3.05, 3.63) is 0 Å². The van der Waals surface area contributed by atoms with Gasteiger partial charge in [0.25, 0.3) is 0 Å². The topological polar surface area (TPSA) is 58.4 Å². The highest BCUT2D eigenvalue weighted by Gasteiger charge is 2.42. The predicted octanol–water partition coefficient (Wildman–Crippen LogP) is 1.88. The summed E-state index contributed by atoms with van der Waals surface area (Å²) in [6.45, 7) is 7.31. The van der Waals surface area contributed by atoms with Crippen LogP contribution in [0.1, 0.15) is 59.3 Å². The van der Waals surface area contributed by atoms with Gasteiger partial charge >= 0.3 is 0 Å². The molecule has 1 saturated carbocycles. The van der Waals surface area contributed by atoms with E-state index in [0.29, 0.717) is 12.1 Å². The van der Waals surface area contributed by atoms with Gasteiger partial charge in [0.15, 0.2) is 0 Å². The maximum atomic E-state index is 11.9. The number of likely N-dealkylation sites (N-methyl/N-ethyl adjacent to an activating group) is 1. The third kappa shape index (κ3) is 3.69. The molecule has 4 heteroatoms. The summed E-state index contributed by atoms with van der Waals surface area (Å²) in [6.07, 6.45) is 6.30. The molecule has 112 valence electrons. The largest absolute Gasteiger partial charge is 0.368 e. The zero-order chi connectivity index (χ0) is 14.5. The molecule has 2 unspecified atom stereocenters. The Morgan fingerprint density at radius 1 is 1.42 bits per heavy atom. The highest BCUT2D eigenvalue weighted by molar-refractivity contribution is 5.84. The molecule has 1 fully saturated rings. The lowest BCUT2D eigenvalue weighted by Crippen LogP contribution is -2.61. The van der Waals surface area contributed by atoms with Gasteiger partial charge in [0.1, 0.15) is 0 Å². The molecule has 3 N–H and O–H groups in total. The van der Waals surface area contributed by atoms with E-state index in [4.69, 9.17) is 5.73 Å². The minimum atomic E-state index is -0.488. The molecular formula is C15H31N3O. The number of rotatable bonds is 7. The smallest absolute Gasteiger partial charge is 0.237 e. The van der Waals surface area contributed by atoms with E-state index >= 15 is 0 Å². The normalized spacial score (nSPS) is 28.0. The molecule has 0 bridgehead atoms. The van der Waals surface area contributed by atoms with Gasteiger partial charge in [-0.25, -0.2) is 0 Å². The Balaban J connectivity index is 2.79. The van der Waals surface area contributed by atoms with Crippen LogP contribution in [0.25, 0.3) is 0 Å². The zero-order valence-corrected chi connectivity index (χ0v) is 13.0. The first-order valence-corrected chi connectivity index (χ1v) is 7.77. The average molecular weight is 269 g/mol. The van der Waals surface area contributed by atoms with Crippen LogP contribution in [0.2, 0.25) is 0 Å². The molecule has 1 rings (SSSR count). The molecular weight excluding hydrogens is 238 g/mol. The summed E-state index contributed by atoms with van der Waals surface area (Å²) in [7, 11) is 2.20. The van der Waals surface area contributed by atoms with Gasteiger partial charge in [0.2, 0.25) is 5.91 Å². The fourth-order valence-corrected chi connectivity index (χ4v) is 3.57. The van der Waals surface area contributed by atoms with E-state index in [1.165, 1.54) is 6.42 Å². The SMILES string of the molecule is CCNC1(C(N)=O)CCCC(N(C)C(CC)CC)C1. The highest BCUT2D eigenvalue weighted by atomic mass is 16.1. The van der Waals surface area contributed by atoms with Gasteiger partial charge in [-0.1, -0.05) is 20.8 Å². The molecule has 19 heavy (non-hydrogen) atoms. The van der Waals surface area contributed by atoms with Crippen LogP contribution in [0.15, 0.2) is 0 Å². The standard InChI is InChI=1S/C15H31N3O/c1-5-12(6-2)18(4)13-9-8-10-15(11-13,14(16)19)17-7-3/h12-13,17H,5-11H2,1-4H3,(H2,16,19). The summed E-state index contributed by atoms with van der Waals surface area (Å²) >= 11 is 0. The van der Waals surface area contributed by atoms with E-state index in [1.807, 2.05) is 6.92 Å². The fourth-order valence-electron chi connectivity index (χ4n) is 3.57. The third-order valence-electron chi connectivity index (χ3n) is 4.81. The van der Waals surface area contributed by atoms with E-state index in [1.54, 1.807) is 0 Å². The molecule has 2 atom stereocenters. The van der Waals surface area contributed by atoms with Crippen molar-refractivity contribution < 1.29 is 4.79 Å². The summed E-state index contributed by atoms with van der Waals surface area (Å²) < 4.78 is 0. The number of carbonyl (C=O) groups is 1. The number of hydrogen-bond donors (Lipinski definition) is 2. The van der Waals surface area contributed by atoms with Crippen molar-refractivity contribution in [3.8, 4) is 0 Å². The van der Waals surface area contributed by atoms with Crippen molar-refractivity contribution in [1.82, 2.24) is 10.2 Å². The molecule has 0 aromatic carbocycles. The molecule has 1 aliphatic carbocycles. The zero-order valence-electron chi connectivity index (χ0n) is 13.0. The van der Waals surface area contributed by atoms with Crippen molar-refractivity contribution in [3.63, 3.8) is 0 Å². The lowest BCUT2D eigenvalue weighted by Gasteiger charge is -2.44. The molecule has 4 nitrogen and oxygen atoms in total. The fraction of sp³-hybridized carbons (Fsp3) is 0.933. The molecule has 0 aliphatic heterocycles. The van der Waals surface area contributed by atoms with Crippen LogP contribution in [-0.4, -0.2) is 42.0 Å². The Bertz CT molecular complexity index is 287. The predicted molar refractivity (Wildman–Crippen MR) is 80.0 cm³/mol. The molecule has 0 aromatic rings. The Morgan fingerprint density at radius 3 is 2.53 bits per heavy atom. The Hall–Kier alpha value is -0.610. The lowest BCUT2D eigenvalue weighted by molar-refractivity contribution is -0.126. The van der Waals surface area contributed by atoms with Crippen molar-refractivity contribution in [2.75, 3.05) is 13.6 Å². The van der Waals surface area contributed by atoms with Crippen LogP contribution in [0.5, 0.6) is 0 Å². The minimum absolute atomic E-state index is 0.183. The van der Waals surface area contributed by atoms with Gasteiger partial charge in [0, 0.05) is 12.1 Å². The van der Waals surface area contributed by atoms with E-state index < -0.39 is 5.54 Å². The second kappa shape index (κ2) is 7.25. The van der Waals surface area contributed by atoms with Crippen molar-refractivity contribution in [1.29, 1.82) is 0 Å². The van der Waals surface area contributed by atoms with Gasteiger partial charge in [-0.05, 0) is 52.1 Å². The van der Waals surface area contributed by atoms with Crippen LogP contribution >= 0.6 is 0 Å². The van der Waals surface area contributed by atoms with Crippen molar-refractivity contribution in [2.24, 2.45) is 5.73 Å². The van der Waals surface area contributed by atoms with Crippen LogP contribution in [-0.2, 0) is 4.79 Å². The van der Waals surface area contributed by atoms with Gasteiger partial charge in [-0.15, -0.1) is 0 Å². The lowest BCUT2D eigenvalue weighted by atomic mass is 9.77. The quantitative estimate of drug-likeness (QED) is 0.742. The maximum absolute atomic E-state index is 11.9. The van der Waals surface area contributed by atoms with Gasteiger partial charge in [-0.2, -0.15) is 0 Å². The third-order valence-corrected chi connectivity index (χ3v) is 4.81. The number of nitrogens with two attached hydrogens (primary N) is 1. The van der Waals surface area contributed by atoms with E-state index in [-0.39, 0.29) is 5.91 Å². The molecule has 0 saturated heterocycles. The number of nitrogens with one attached hydrogen (secondary N) is 1. The van der Waals surface area contributed by atoms with Crippen LogP contribution in [0.3, 0.4) is 0 Å². The van der Waals surface area contributed by atoms with Gasteiger partial charge in [0.05, 0.1) is 5.54 Å². The Kier molecular flexibility index (Phi) is 6.27. The first-order chi connectivity index (χ1) is 9.00. The Morgan fingerprint density at radius 2 is 2.05 bits per heavy atom. The number of amides is 1. The van der Waals surface area contributed by atoms with Gasteiger partial charge < -0.3 is 16.0 Å². The van der Waals surface area contributed by atoms with Crippen LogP contribution in [0, 0.1) is 0 Å². The minimum Gasteiger partial charge on any atom is -0.368 e. The molecule has 0 heterocycles. The second-order valence-electron chi connectivity index (χ2n) is 5.86. The van der Waals surface area contributed by atoms with E-state index in [9.17, 15) is 4.79 Å². The summed E-state index contributed by atoms with van der Waals surface area (Å²) in [6, 6.07) is 1.07. The molecule has 0 radical (unpaired) electrons. The highest BCUT2D eigenvalue weighted by Crippen LogP contribution is 2.32. The van der Waals surface area contributed by atoms with E-state index in [0.717, 1.165) is 38.6 Å². The van der Waals surface area contributed by atoms with Crippen molar-refractivity contribution >= 4 is 5.91 Å². The number of hydrogen-bond acceptors (Lipinski definition) is 3. The monoisotopic (exact) mass is 269 g/mol. The molecule has 1 amide bonds. The average Bonchev–Trinajstić information content (AvgIpc) is 2.40. The number of carbonyl (C=O) groups excluding carboxylic acids is 1. The second-order valence-corrected chi connectivity index (χ2v) is 5.86. The van der Waals surface area contributed by atoms with Gasteiger partial charge in [-0.3, -0.25) is 4.79 Å². The molecule has 0 aromatic heterocycles. The number of primary amides is 1. The molecule has 1 aliphatic rings. The van der Waals surface area contributed by atoms with Crippen LogP contribution < -0.4 is 11.1 Å².